The van der Waals surface area contributed by atoms with E-state index >= 15 is 0 Å². The van der Waals surface area contributed by atoms with Gasteiger partial charge in [-0.15, -0.1) is 0 Å². The van der Waals surface area contributed by atoms with Gasteiger partial charge in [0.15, 0.2) is 0 Å². The minimum atomic E-state index is 0.188. The average molecular weight is 328 g/mol. The number of aromatic nitrogens is 1. The number of hydrogen-bond donors (Lipinski definition) is 0. The van der Waals surface area contributed by atoms with Crippen molar-refractivity contribution in [1.82, 2.24) is 10.1 Å². The molecule has 1 aliphatic rings. The molecule has 1 atom stereocenters. The van der Waals surface area contributed by atoms with E-state index in [4.69, 9.17) is 9.26 Å². The highest BCUT2D eigenvalue weighted by atomic mass is 16.5. The Balaban J connectivity index is 1.74. The molecule has 2 aromatic rings. The summed E-state index contributed by atoms with van der Waals surface area (Å²) >= 11 is 0. The second kappa shape index (κ2) is 7.84. The number of nitrogens with zero attached hydrogens (tertiary/aromatic N) is 2. The van der Waals surface area contributed by atoms with Crippen LogP contribution >= 0.6 is 0 Å². The van der Waals surface area contributed by atoms with Crippen LogP contribution in [0.2, 0.25) is 0 Å². The Labute approximate surface area is 144 Å². The van der Waals surface area contributed by atoms with Gasteiger partial charge in [0.2, 0.25) is 0 Å². The van der Waals surface area contributed by atoms with Gasteiger partial charge >= 0.3 is 0 Å². The molecule has 1 aliphatic heterocycles. The molecule has 24 heavy (non-hydrogen) atoms. The summed E-state index contributed by atoms with van der Waals surface area (Å²) < 4.78 is 11.5. The molecule has 0 radical (unpaired) electrons. The van der Waals surface area contributed by atoms with Gasteiger partial charge in [-0.25, -0.2) is 0 Å². The number of hydrogen-bond acceptors (Lipinski definition) is 4. The molecule has 0 amide bonds. The van der Waals surface area contributed by atoms with Crippen molar-refractivity contribution >= 4 is 0 Å². The molecule has 3 rings (SSSR count). The van der Waals surface area contributed by atoms with Crippen molar-refractivity contribution in [3.63, 3.8) is 0 Å². The molecule has 1 aromatic heterocycles. The Morgan fingerprint density at radius 3 is 2.96 bits per heavy atom. The highest BCUT2D eigenvalue weighted by molar-refractivity contribution is 5.33. The zero-order chi connectivity index (χ0) is 16.9. The number of rotatable bonds is 7. The molecular formula is C20H28N2O2. The van der Waals surface area contributed by atoms with Crippen LogP contribution in [0.15, 0.2) is 34.9 Å². The fourth-order valence-electron chi connectivity index (χ4n) is 3.42. The number of ether oxygens (including phenoxy) is 1. The van der Waals surface area contributed by atoms with Gasteiger partial charge in [0.1, 0.15) is 17.2 Å². The van der Waals surface area contributed by atoms with Crippen molar-refractivity contribution in [2.75, 3.05) is 6.54 Å². The predicted octanol–water partition coefficient (Wildman–Crippen LogP) is 4.75. The van der Waals surface area contributed by atoms with E-state index in [2.05, 4.69) is 55.1 Å². The van der Waals surface area contributed by atoms with Crippen LogP contribution in [0, 0.1) is 0 Å². The maximum Gasteiger partial charge on any atom is 0.137 e. The smallest absolute Gasteiger partial charge is 0.137 e. The van der Waals surface area contributed by atoms with Crippen molar-refractivity contribution in [1.29, 1.82) is 0 Å². The molecule has 0 aliphatic carbocycles. The van der Waals surface area contributed by atoms with Gasteiger partial charge in [0, 0.05) is 24.6 Å². The van der Waals surface area contributed by atoms with Gasteiger partial charge in [-0.1, -0.05) is 30.3 Å². The van der Waals surface area contributed by atoms with Crippen molar-refractivity contribution in [2.24, 2.45) is 0 Å². The van der Waals surface area contributed by atoms with E-state index in [1.54, 1.807) is 0 Å². The van der Waals surface area contributed by atoms with Crippen LogP contribution in [0.3, 0.4) is 0 Å². The molecule has 0 saturated carbocycles. The molecule has 0 N–H and O–H groups in total. The third-order valence-corrected chi connectivity index (χ3v) is 4.49. The summed E-state index contributed by atoms with van der Waals surface area (Å²) in [7, 11) is 0. The molecule has 4 heteroatoms. The van der Waals surface area contributed by atoms with Crippen LogP contribution in [0.1, 0.15) is 63.1 Å². The molecule has 0 spiro atoms. The van der Waals surface area contributed by atoms with Crippen LogP contribution in [0.25, 0.3) is 0 Å². The monoisotopic (exact) mass is 328 g/mol. The first-order valence-corrected chi connectivity index (χ1v) is 9.11. The lowest BCUT2D eigenvalue weighted by atomic mass is 10.1. The zero-order valence-electron chi connectivity index (χ0n) is 15.0. The summed E-state index contributed by atoms with van der Waals surface area (Å²) in [6, 6.07) is 10.9. The lowest BCUT2D eigenvalue weighted by Gasteiger charge is -2.24. The maximum absolute atomic E-state index is 5.97. The van der Waals surface area contributed by atoms with E-state index < -0.39 is 0 Å². The highest BCUT2D eigenvalue weighted by Crippen LogP contribution is 2.34. The molecule has 1 aromatic carbocycles. The molecule has 1 fully saturated rings. The molecule has 0 unspecified atom stereocenters. The first-order valence-electron chi connectivity index (χ1n) is 9.11. The SMILES string of the molecule is CCCc1cc([C@H]2CCCN2Cc2ccccc2OC(C)C)no1. The Morgan fingerprint density at radius 2 is 2.17 bits per heavy atom. The first-order chi connectivity index (χ1) is 11.7. The lowest BCUT2D eigenvalue weighted by Crippen LogP contribution is -2.23. The zero-order valence-corrected chi connectivity index (χ0v) is 15.0. The Hall–Kier alpha value is -1.81. The van der Waals surface area contributed by atoms with Crippen LogP contribution in [0.5, 0.6) is 5.75 Å². The summed E-state index contributed by atoms with van der Waals surface area (Å²) in [5.41, 5.74) is 2.33. The fourth-order valence-corrected chi connectivity index (χ4v) is 3.42. The summed E-state index contributed by atoms with van der Waals surface area (Å²) in [4.78, 5) is 2.50. The fraction of sp³-hybridized carbons (Fsp3) is 0.550. The lowest BCUT2D eigenvalue weighted by molar-refractivity contribution is 0.216. The normalized spacial score (nSPS) is 18.4. The molecule has 0 bridgehead atoms. The average Bonchev–Trinajstić information content (AvgIpc) is 3.18. The first kappa shape index (κ1) is 17.0. The second-order valence-corrected chi connectivity index (χ2v) is 6.87. The largest absolute Gasteiger partial charge is 0.491 e. The Bertz CT molecular complexity index is 651. The van der Waals surface area contributed by atoms with E-state index in [1.807, 2.05) is 6.07 Å². The van der Waals surface area contributed by atoms with Crippen molar-refractivity contribution in [3.8, 4) is 5.75 Å². The number of para-hydroxylation sites is 1. The van der Waals surface area contributed by atoms with Gasteiger partial charge in [0.05, 0.1) is 12.1 Å². The van der Waals surface area contributed by atoms with E-state index in [9.17, 15) is 0 Å². The van der Waals surface area contributed by atoms with E-state index in [1.165, 1.54) is 12.0 Å². The van der Waals surface area contributed by atoms with Crippen molar-refractivity contribution < 1.29 is 9.26 Å². The molecule has 4 nitrogen and oxygen atoms in total. The van der Waals surface area contributed by atoms with Gasteiger partial charge in [0.25, 0.3) is 0 Å². The minimum Gasteiger partial charge on any atom is -0.491 e. The van der Waals surface area contributed by atoms with Gasteiger partial charge in [-0.3, -0.25) is 4.90 Å². The van der Waals surface area contributed by atoms with Crippen molar-refractivity contribution in [3.05, 3.63) is 47.3 Å². The minimum absolute atomic E-state index is 0.188. The number of aryl methyl sites for hydroxylation is 1. The Morgan fingerprint density at radius 1 is 1.33 bits per heavy atom. The maximum atomic E-state index is 5.97. The van der Waals surface area contributed by atoms with Crippen LogP contribution < -0.4 is 4.74 Å². The quantitative estimate of drug-likeness (QED) is 0.735. The molecular weight excluding hydrogens is 300 g/mol. The number of benzene rings is 1. The predicted molar refractivity (Wildman–Crippen MR) is 95.1 cm³/mol. The summed E-state index contributed by atoms with van der Waals surface area (Å²) in [5, 5.41) is 4.33. The van der Waals surface area contributed by atoms with Gasteiger partial charge in [-0.05, 0) is 45.7 Å². The van der Waals surface area contributed by atoms with Gasteiger partial charge < -0.3 is 9.26 Å². The summed E-state index contributed by atoms with van der Waals surface area (Å²) in [6.45, 7) is 8.29. The summed E-state index contributed by atoms with van der Waals surface area (Å²) in [5.74, 6) is 1.99. The second-order valence-electron chi connectivity index (χ2n) is 6.87. The van der Waals surface area contributed by atoms with E-state index in [0.29, 0.717) is 6.04 Å². The summed E-state index contributed by atoms with van der Waals surface area (Å²) in [6.07, 6.45) is 4.58. The van der Waals surface area contributed by atoms with Crippen LogP contribution in [0.4, 0.5) is 0 Å². The number of likely N-dealkylation sites (tertiary alicyclic amines) is 1. The van der Waals surface area contributed by atoms with Crippen LogP contribution in [-0.4, -0.2) is 22.7 Å². The third-order valence-electron chi connectivity index (χ3n) is 4.49. The highest BCUT2D eigenvalue weighted by Gasteiger charge is 2.29. The van der Waals surface area contributed by atoms with Crippen molar-refractivity contribution in [2.45, 2.75) is 65.1 Å². The topological polar surface area (TPSA) is 38.5 Å². The third kappa shape index (κ3) is 3.99. The van der Waals surface area contributed by atoms with Gasteiger partial charge in [-0.2, -0.15) is 0 Å². The molecule has 1 saturated heterocycles. The van der Waals surface area contributed by atoms with E-state index in [0.717, 1.165) is 49.6 Å². The van der Waals surface area contributed by atoms with E-state index in [-0.39, 0.29) is 6.10 Å². The standard InChI is InChI=1S/C20H28N2O2/c1-4-8-17-13-18(21-24-17)19-10-7-12-22(19)14-16-9-5-6-11-20(16)23-15(2)3/h5-6,9,11,13,15,19H,4,7-8,10,12,14H2,1-3H3/t19-/m1/s1. The Kier molecular flexibility index (Phi) is 5.56. The molecule has 2 heterocycles. The molecule has 130 valence electrons. The van der Waals surface area contributed by atoms with Crippen LogP contribution in [-0.2, 0) is 13.0 Å².